The number of morpholine rings is 1. The van der Waals surface area contributed by atoms with Crippen molar-refractivity contribution in [3.8, 4) is 11.3 Å². The van der Waals surface area contributed by atoms with E-state index in [1.54, 1.807) is 19.4 Å². The lowest BCUT2D eigenvalue weighted by Gasteiger charge is -2.35. The van der Waals surface area contributed by atoms with Crippen molar-refractivity contribution < 1.29 is 9.53 Å². The number of ether oxygens (including phenoxy) is 1. The molecule has 2 aromatic rings. The van der Waals surface area contributed by atoms with Gasteiger partial charge in [0.05, 0.1) is 12.2 Å². The van der Waals surface area contributed by atoms with Crippen LogP contribution in [0.25, 0.3) is 11.3 Å². The lowest BCUT2D eigenvalue weighted by molar-refractivity contribution is -0.0586. The summed E-state index contributed by atoms with van der Waals surface area (Å²) < 4.78 is 5.71. The first-order valence-electron chi connectivity index (χ1n) is 8.12. The van der Waals surface area contributed by atoms with E-state index in [0.717, 1.165) is 11.3 Å². The molecule has 0 bridgehead atoms. The van der Waals surface area contributed by atoms with E-state index in [1.807, 2.05) is 43.0 Å². The summed E-state index contributed by atoms with van der Waals surface area (Å²) in [5.41, 5.74) is 2.26. The van der Waals surface area contributed by atoms with Gasteiger partial charge in [-0.2, -0.15) is 0 Å². The molecule has 1 aromatic carbocycles. The molecule has 126 valence electrons. The van der Waals surface area contributed by atoms with Gasteiger partial charge in [-0.3, -0.25) is 9.78 Å². The molecule has 2 atom stereocenters. The van der Waals surface area contributed by atoms with Crippen LogP contribution >= 0.6 is 0 Å². The van der Waals surface area contributed by atoms with Crippen LogP contribution in [0.15, 0.2) is 36.7 Å². The van der Waals surface area contributed by atoms with E-state index < -0.39 is 0 Å². The van der Waals surface area contributed by atoms with Crippen LogP contribution in [-0.4, -0.2) is 53.1 Å². The fourth-order valence-electron chi connectivity index (χ4n) is 3.06. The second kappa shape index (κ2) is 6.97. The zero-order valence-corrected chi connectivity index (χ0v) is 14.2. The van der Waals surface area contributed by atoms with E-state index in [1.165, 1.54) is 0 Å². The number of hydrogen-bond acceptors (Lipinski definition) is 5. The van der Waals surface area contributed by atoms with E-state index in [2.05, 4.69) is 15.3 Å². The summed E-state index contributed by atoms with van der Waals surface area (Å²) in [5.74, 6) is 0.712. The summed E-state index contributed by atoms with van der Waals surface area (Å²) in [6.07, 6.45) is 3.39. The largest absolute Gasteiger partial charge is 0.372 e. The van der Waals surface area contributed by atoms with Crippen molar-refractivity contribution in [3.05, 3.63) is 42.2 Å². The molecule has 2 heterocycles. The fourth-order valence-corrected chi connectivity index (χ4v) is 3.06. The molecule has 1 fully saturated rings. The molecular formula is C18H22N4O2. The first-order valence-corrected chi connectivity index (χ1v) is 8.12. The van der Waals surface area contributed by atoms with E-state index >= 15 is 0 Å². The normalized spacial score (nSPS) is 20.7. The summed E-state index contributed by atoms with van der Waals surface area (Å²) in [6, 6.07) is 7.53. The maximum Gasteiger partial charge on any atom is 0.254 e. The smallest absolute Gasteiger partial charge is 0.254 e. The number of nitrogens with one attached hydrogen (secondary N) is 1. The standard InChI is InChI=1S/C18H22N4O2/c1-12-10-22(11-13(2)24-12)18(23)15-6-4-5-14(9-15)16-17(19-3)21-8-7-20-16/h4-9,12-13H,10-11H2,1-3H3,(H,19,21)/t12-,13+. The first kappa shape index (κ1) is 16.4. The average Bonchev–Trinajstić information content (AvgIpc) is 2.60. The molecule has 24 heavy (non-hydrogen) atoms. The summed E-state index contributed by atoms with van der Waals surface area (Å²) in [6.45, 7) is 5.21. The number of amides is 1. The Balaban J connectivity index is 1.89. The molecule has 0 radical (unpaired) electrons. The molecule has 3 rings (SSSR count). The van der Waals surface area contributed by atoms with Crippen molar-refractivity contribution in [1.82, 2.24) is 14.9 Å². The van der Waals surface area contributed by atoms with Crippen molar-refractivity contribution in [3.63, 3.8) is 0 Å². The van der Waals surface area contributed by atoms with E-state index in [-0.39, 0.29) is 18.1 Å². The van der Waals surface area contributed by atoms with Gasteiger partial charge in [0.1, 0.15) is 5.69 Å². The summed E-state index contributed by atoms with van der Waals surface area (Å²) in [4.78, 5) is 23.4. The number of carbonyl (C=O) groups excluding carboxylic acids is 1. The monoisotopic (exact) mass is 326 g/mol. The summed E-state index contributed by atoms with van der Waals surface area (Å²) in [5, 5.41) is 3.03. The SMILES string of the molecule is CNc1nccnc1-c1cccc(C(=O)N2C[C@@H](C)O[C@@H](C)C2)c1. The van der Waals surface area contributed by atoms with Crippen molar-refractivity contribution in [1.29, 1.82) is 0 Å². The molecule has 1 saturated heterocycles. The number of benzene rings is 1. The molecule has 0 spiro atoms. The number of aromatic nitrogens is 2. The minimum Gasteiger partial charge on any atom is -0.372 e. The number of carbonyl (C=O) groups is 1. The van der Waals surface area contributed by atoms with Crippen molar-refractivity contribution in [2.24, 2.45) is 0 Å². The average molecular weight is 326 g/mol. The Morgan fingerprint density at radius 2 is 1.92 bits per heavy atom. The van der Waals surface area contributed by atoms with Crippen LogP contribution in [-0.2, 0) is 4.74 Å². The number of anilines is 1. The van der Waals surface area contributed by atoms with E-state index in [9.17, 15) is 4.79 Å². The highest BCUT2D eigenvalue weighted by Gasteiger charge is 2.26. The molecule has 0 unspecified atom stereocenters. The van der Waals surface area contributed by atoms with Crippen LogP contribution in [0.1, 0.15) is 24.2 Å². The summed E-state index contributed by atoms with van der Waals surface area (Å²) >= 11 is 0. The van der Waals surface area contributed by atoms with Gasteiger partial charge in [-0.1, -0.05) is 12.1 Å². The molecule has 1 N–H and O–H groups in total. The second-order valence-corrected chi connectivity index (χ2v) is 6.05. The molecule has 6 nitrogen and oxygen atoms in total. The third-order valence-electron chi connectivity index (χ3n) is 4.02. The fraction of sp³-hybridized carbons (Fsp3) is 0.389. The second-order valence-electron chi connectivity index (χ2n) is 6.05. The Labute approximate surface area is 141 Å². The van der Waals surface area contributed by atoms with Crippen LogP contribution in [0.2, 0.25) is 0 Å². The quantitative estimate of drug-likeness (QED) is 0.938. The maximum atomic E-state index is 12.8. The highest BCUT2D eigenvalue weighted by Crippen LogP contribution is 2.25. The van der Waals surface area contributed by atoms with E-state index in [0.29, 0.717) is 24.5 Å². The predicted molar refractivity (Wildman–Crippen MR) is 92.9 cm³/mol. The molecule has 1 aliphatic rings. The van der Waals surface area contributed by atoms with Gasteiger partial charge in [0.2, 0.25) is 0 Å². The predicted octanol–water partition coefficient (Wildman–Crippen LogP) is 2.43. The van der Waals surface area contributed by atoms with Crippen molar-refractivity contribution in [2.45, 2.75) is 26.1 Å². The Morgan fingerprint density at radius 1 is 1.21 bits per heavy atom. The third-order valence-corrected chi connectivity index (χ3v) is 4.02. The van der Waals surface area contributed by atoms with Crippen LogP contribution in [0, 0.1) is 0 Å². The third kappa shape index (κ3) is 3.38. The van der Waals surface area contributed by atoms with Crippen LogP contribution in [0.3, 0.4) is 0 Å². The van der Waals surface area contributed by atoms with Gasteiger partial charge < -0.3 is 15.0 Å². The van der Waals surface area contributed by atoms with Gasteiger partial charge in [-0.25, -0.2) is 4.98 Å². The van der Waals surface area contributed by atoms with Crippen LogP contribution in [0.4, 0.5) is 5.82 Å². The van der Waals surface area contributed by atoms with Crippen molar-refractivity contribution >= 4 is 11.7 Å². The molecule has 0 aliphatic carbocycles. The number of rotatable bonds is 3. The number of nitrogens with zero attached hydrogens (tertiary/aromatic N) is 3. The highest BCUT2D eigenvalue weighted by atomic mass is 16.5. The van der Waals surface area contributed by atoms with E-state index in [4.69, 9.17) is 4.74 Å². The zero-order chi connectivity index (χ0) is 17.1. The van der Waals surface area contributed by atoms with Crippen LogP contribution < -0.4 is 5.32 Å². The zero-order valence-electron chi connectivity index (χ0n) is 14.2. The Morgan fingerprint density at radius 3 is 2.62 bits per heavy atom. The van der Waals surface area contributed by atoms with Gasteiger partial charge in [0.25, 0.3) is 5.91 Å². The van der Waals surface area contributed by atoms with Gasteiger partial charge in [-0.05, 0) is 26.0 Å². The maximum absolute atomic E-state index is 12.8. The number of hydrogen-bond donors (Lipinski definition) is 1. The lowest BCUT2D eigenvalue weighted by Crippen LogP contribution is -2.48. The Kier molecular flexibility index (Phi) is 4.76. The van der Waals surface area contributed by atoms with Crippen LogP contribution in [0.5, 0.6) is 0 Å². The molecule has 1 amide bonds. The molecule has 0 saturated carbocycles. The molecule has 6 heteroatoms. The van der Waals surface area contributed by atoms with Gasteiger partial charge in [0.15, 0.2) is 5.82 Å². The summed E-state index contributed by atoms with van der Waals surface area (Å²) in [7, 11) is 1.80. The molecular weight excluding hydrogens is 304 g/mol. The minimum absolute atomic E-state index is 0.0220. The minimum atomic E-state index is 0.0220. The molecule has 1 aliphatic heterocycles. The van der Waals surface area contributed by atoms with Gasteiger partial charge in [0, 0.05) is 43.7 Å². The Hall–Kier alpha value is -2.47. The lowest BCUT2D eigenvalue weighted by atomic mass is 10.1. The Bertz CT molecular complexity index is 724. The highest BCUT2D eigenvalue weighted by molar-refractivity contribution is 5.95. The van der Waals surface area contributed by atoms with Gasteiger partial charge >= 0.3 is 0 Å². The topological polar surface area (TPSA) is 67.4 Å². The van der Waals surface area contributed by atoms with Crippen molar-refractivity contribution in [2.75, 3.05) is 25.5 Å². The molecule has 1 aromatic heterocycles. The van der Waals surface area contributed by atoms with Gasteiger partial charge in [-0.15, -0.1) is 0 Å². The first-order chi connectivity index (χ1) is 11.6.